The summed E-state index contributed by atoms with van der Waals surface area (Å²) in [6, 6.07) is 2.44. The summed E-state index contributed by atoms with van der Waals surface area (Å²) in [5.74, 6) is -3.35. The first-order valence-corrected chi connectivity index (χ1v) is 4.70. The Kier molecular flexibility index (Phi) is 3.09. The van der Waals surface area contributed by atoms with Gasteiger partial charge in [0.2, 0.25) is 11.6 Å². The largest absolute Gasteiger partial charge is 0.409 e. The van der Waals surface area contributed by atoms with Gasteiger partial charge < -0.3 is 5.21 Å². The maximum absolute atomic E-state index is 13.4. The van der Waals surface area contributed by atoms with E-state index in [1.165, 1.54) is 0 Å². The summed E-state index contributed by atoms with van der Waals surface area (Å²) < 4.78 is 27.0. The minimum absolute atomic E-state index is 0.431. The third-order valence-electron chi connectivity index (χ3n) is 2.11. The predicted octanol–water partition coefficient (Wildman–Crippen LogP) is 1.08. The standard InChI is InChI=1S/C10H6F2N4O2/c11-6-1-2-7(8(12)3-6)9(17)10(15-18)16-5-13-4-14-16/h1-5,18H. The number of carbonyl (C=O) groups excluding carboxylic acids is 1. The first-order chi connectivity index (χ1) is 8.63. The molecule has 1 heterocycles. The lowest BCUT2D eigenvalue weighted by Gasteiger charge is -2.04. The van der Waals surface area contributed by atoms with Crippen LogP contribution in [0.4, 0.5) is 8.78 Å². The molecule has 2 aromatic rings. The summed E-state index contributed by atoms with van der Waals surface area (Å²) in [4.78, 5) is 15.4. The van der Waals surface area contributed by atoms with Crippen molar-refractivity contribution in [3.63, 3.8) is 0 Å². The molecule has 0 amide bonds. The number of rotatable bonds is 2. The van der Waals surface area contributed by atoms with Crippen molar-refractivity contribution in [2.45, 2.75) is 0 Å². The lowest BCUT2D eigenvalue weighted by atomic mass is 10.1. The molecule has 2 rings (SSSR count). The highest BCUT2D eigenvalue weighted by Crippen LogP contribution is 2.11. The summed E-state index contributed by atoms with van der Waals surface area (Å²) in [7, 11) is 0. The van der Waals surface area contributed by atoms with Gasteiger partial charge in [0.1, 0.15) is 24.3 Å². The average molecular weight is 252 g/mol. The topological polar surface area (TPSA) is 80.4 Å². The molecule has 0 fully saturated rings. The summed E-state index contributed by atoms with van der Waals surface area (Å²) in [6.45, 7) is 0. The van der Waals surface area contributed by atoms with Crippen LogP contribution in [0.15, 0.2) is 36.0 Å². The molecule has 8 heteroatoms. The molecule has 0 aliphatic carbocycles. The second-order valence-electron chi connectivity index (χ2n) is 3.22. The first-order valence-electron chi connectivity index (χ1n) is 4.70. The van der Waals surface area contributed by atoms with E-state index in [4.69, 9.17) is 5.21 Å². The third-order valence-corrected chi connectivity index (χ3v) is 2.11. The van der Waals surface area contributed by atoms with E-state index in [9.17, 15) is 13.6 Å². The van der Waals surface area contributed by atoms with Crippen LogP contribution in [0.5, 0.6) is 0 Å². The molecule has 0 bridgehead atoms. The van der Waals surface area contributed by atoms with Gasteiger partial charge in [0.15, 0.2) is 0 Å². The number of carbonyl (C=O) groups is 1. The van der Waals surface area contributed by atoms with Gasteiger partial charge in [-0.25, -0.2) is 13.8 Å². The molecule has 0 saturated carbocycles. The second-order valence-corrected chi connectivity index (χ2v) is 3.22. The summed E-state index contributed by atoms with van der Waals surface area (Å²) in [5, 5.41) is 15.1. The number of benzene rings is 1. The molecular weight excluding hydrogens is 246 g/mol. The van der Waals surface area contributed by atoms with Crippen molar-refractivity contribution in [1.82, 2.24) is 14.8 Å². The molecule has 0 spiro atoms. The van der Waals surface area contributed by atoms with Crippen LogP contribution in [0.3, 0.4) is 0 Å². The van der Waals surface area contributed by atoms with Crippen LogP contribution in [-0.4, -0.2) is 31.6 Å². The minimum Gasteiger partial charge on any atom is -0.409 e. The molecule has 18 heavy (non-hydrogen) atoms. The van der Waals surface area contributed by atoms with Gasteiger partial charge in [-0.15, -0.1) is 0 Å². The highest BCUT2D eigenvalue weighted by atomic mass is 19.1. The zero-order chi connectivity index (χ0) is 13.1. The predicted molar refractivity (Wildman–Crippen MR) is 55.3 cm³/mol. The zero-order valence-corrected chi connectivity index (χ0v) is 8.79. The Bertz CT molecular complexity index is 610. The normalized spacial score (nSPS) is 11.6. The number of hydrogen-bond acceptors (Lipinski definition) is 5. The molecule has 1 N–H and O–H groups in total. The van der Waals surface area contributed by atoms with Crippen LogP contribution in [0.1, 0.15) is 10.4 Å². The number of aromatic nitrogens is 3. The van der Waals surface area contributed by atoms with Crippen LogP contribution in [0.25, 0.3) is 0 Å². The fourth-order valence-electron chi connectivity index (χ4n) is 1.31. The van der Waals surface area contributed by atoms with Gasteiger partial charge in [-0.05, 0) is 12.1 Å². The molecule has 0 atom stereocenters. The number of Topliss-reactive ketones (excluding diaryl/α,β-unsaturated/α-hetero) is 1. The van der Waals surface area contributed by atoms with E-state index in [1.54, 1.807) is 0 Å². The molecule has 1 aromatic carbocycles. The van der Waals surface area contributed by atoms with Crippen molar-refractivity contribution in [3.8, 4) is 0 Å². The van der Waals surface area contributed by atoms with Crippen LogP contribution in [-0.2, 0) is 0 Å². The first kappa shape index (κ1) is 11.8. The Hall–Kier alpha value is -2.64. The van der Waals surface area contributed by atoms with E-state index in [1.807, 2.05) is 0 Å². The van der Waals surface area contributed by atoms with Crippen molar-refractivity contribution >= 4 is 11.6 Å². The van der Waals surface area contributed by atoms with Crippen molar-refractivity contribution in [3.05, 3.63) is 48.1 Å². The Morgan fingerprint density at radius 1 is 1.39 bits per heavy atom. The zero-order valence-electron chi connectivity index (χ0n) is 8.79. The molecule has 1 aromatic heterocycles. The van der Waals surface area contributed by atoms with Crippen molar-refractivity contribution in [1.29, 1.82) is 0 Å². The van der Waals surface area contributed by atoms with Crippen molar-refractivity contribution < 1.29 is 18.8 Å². The molecule has 0 radical (unpaired) electrons. The number of hydrogen-bond donors (Lipinski definition) is 1. The summed E-state index contributed by atoms with van der Waals surface area (Å²) in [5.41, 5.74) is -0.431. The van der Waals surface area contributed by atoms with Crippen molar-refractivity contribution in [2.24, 2.45) is 5.16 Å². The number of ketones is 1. The smallest absolute Gasteiger partial charge is 0.242 e. The van der Waals surface area contributed by atoms with Crippen molar-refractivity contribution in [2.75, 3.05) is 0 Å². The lowest BCUT2D eigenvalue weighted by molar-refractivity contribution is 0.105. The van der Waals surface area contributed by atoms with Gasteiger partial charge in [-0.3, -0.25) is 4.79 Å². The second kappa shape index (κ2) is 4.70. The highest BCUT2D eigenvalue weighted by molar-refractivity contribution is 6.45. The van der Waals surface area contributed by atoms with Gasteiger partial charge >= 0.3 is 0 Å². The maximum Gasteiger partial charge on any atom is 0.242 e. The Labute approximate surface area is 99.2 Å². The Morgan fingerprint density at radius 2 is 2.17 bits per heavy atom. The maximum atomic E-state index is 13.4. The number of oxime groups is 1. The SMILES string of the molecule is O=C(C(=NO)n1cncn1)c1ccc(F)cc1F. The highest BCUT2D eigenvalue weighted by Gasteiger charge is 2.21. The van der Waals surface area contributed by atoms with E-state index in [-0.39, 0.29) is 0 Å². The summed E-state index contributed by atoms with van der Waals surface area (Å²) in [6.07, 6.45) is 2.22. The number of halogens is 2. The van der Waals surface area contributed by atoms with Crippen LogP contribution in [0.2, 0.25) is 0 Å². The van der Waals surface area contributed by atoms with E-state index < -0.39 is 28.8 Å². The van der Waals surface area contributed by atoms with Crippen LogP contribution >= 0.6 is 0 Å². The fraction of sp³-hybridized carbons (Fsp3) is 0. The Balaban J connectivity index is 2.42. The van der Waals surface area contributed by atoms with Gasteiger partial charge in [-0.2, -0.15) is 9.78 Å². The van der Waals surface area contributed by atoms with E-state index >= 15 is 0 Å². The summed E-state index contributed by atoms with van der Waals surface area (Å²) >= 11 is 0. The van der Waals surface area contributed by atoms with Gasteiger partial charge in [0, 0.05) is 6.07 Å². The van der Waals surface area contributed by atoms with Gasteiger partial charge in [-0.1, -0.05) is 5.16 Å². The van der Waals surface area contributed by atoms with Gasteiger partial charge in [0.25, 0.3) is 0 Å². The van der Waals surface area contributed by atoms with Crippen LogP contribution in [0, 0.1) is 11.6 Å². The van der Waals surface area contributed by atoms with E-state index in [2.05, 4.69) is 15.2 Å². The van der Waals surface area contributed by atoms with E-state index in [0.717, 1.165) is 29.5 Å². The minimum atomic E-state index is -1.05. The molecule has 0 aliphatic heterocycles. The molecule has 92 valence electrons. The Morgan fingerprint density at radius 3 is 2.72 bits per heavy atom. The third kappa shape index (κ3) is 2.08. The molecule has 0 saturated heterocycles. The van der Waals surface area contributed by atoms with Crippen LogP contribution < -0.4 is 0 Å². The monoisotopic (exact) mass is 252 g/mol. The fourth-order valence-corrected chi connectivity index (χ4v) is 1.31. The number of nitrogens with zero attached hydrogens (tertiary/aromatic N) is 4. The lowest BCUT2D eigenvalue weighted by Crippen LogP contribution is -2.24. The van der Waals surface area contributed by atoms with Gasteiger partial charge in [0.05, 0.1) is 5.56 Å². The molecule has 0 aliphatic rings. The molecule has 6 nitrogen and oxygen atoms in total. The molecule has 0 unspecified atom stereocenters. The molecular formula is C10H6F2N4O2. The average Bonchev–Trinajstić information content (AvgIpc) is 2.83. The van der Waals surface area contributed by atoms with E-state index in [0.29, 0.717) is 6.07 Å². The quantitative estimate of drug-likeness (QED) is 0.285.